The Bertz CT molecular complexity index is 701. The minimum absolute atomic E-state index is 0.300. The molecule has 1 aliphatic heterocycles. The molecule has 2 aromatic carbocycles. The number of hydrogen-bond acceptors (Lipinski definition) is 2. The Morgan fingerprint density at radius 2 is 1.95 bits per heavy atom. The van der Waals surface area contributed by atoms with Crippen LogP contribution in [0.25, 0.3) is 0 Å². The van der Waals surface area contributed by atoms with E-state index in [0.717, 1.165) is 43.3 Å². The Labute approximate surface area is 121 Å². The molecule has 1 amide bonds. The van der Waals surface area contributed by atoms with E-state index < -0.39 is 17.5 Å². The number of benzene rings is 2. The quantitative estimate of drug-likeness (QED) is 0.892. The van der Waals surface area contributed by atoms with Crippen molar-refractivity contribution in [1.29, 1.82) is 0 Å². The van der Waals surface area contributed by atoms with Crippen LogP contribution in [-0.2, 0) is 13.0 Å². The Balaban J connectivity index is 1.83. The second kappa shape index (κ2) is 5.61. The number of anilines is 1. The first kappa shape index (κ1) is 13.7. The van der Waals surface area contributed by atoms with Crippen molar-refractivity contribution in [3.8, 4) is 0 Å². The molecule has 0 saturated carbocycles. The first-order valence-electron chi connectivity index (χ1n) is 6.72. The number of amides is 1. The van der Waals surface area contributed by atoms with Gasteiger partial charge in [-0.1, -0.05) is 6.07 Å². The molecule has 0 unspecified atom stereocenters. The lowest BCUT2D eigenvalue weighted by Crippen LogP contribution is -2.24. The molecule has 5 heteroatoms. The highest BCUT2D eigenvalue weighted by Gasteiger charge is 2.14. The highest BCUT2D eigenvalue weighted by atomic mass is 19.1. The number of hydrogen-bond donors (Lipinski definition) is 2. The van der Waals surface area contributed by atoms with Gasteiger partial charge in [0.2, 0.25) is 0 Å². The predicted molar refractivity (Wildman–Crippen MR) is 76.2 cm³/mol. The Morgan fingerprint density at radius 1 is 1.10 bits per heavy atom. The van der Waals surface area contributed by atoms with Gasteiger partial charge in [-0.25, -0.2) is 8.78 Å². The monoisotopic (exact) mass is 288 g/mol. The molecular weight excluding hydrogens is 274 g/mol. The van der Waals surface area contributed by atoms with E-state index in [0.29, 0.717) is 5.69 Å². The summed E-state index contributed by atoms with van der Waals surface area (Å²) in [6.07, 6.45) is 0.947. The zero-order valence-electron chi connectivity index (χ0n) is 11.2. The van der Waals surface area contributed by atoms with Crippen molar-refractivity contribution in [1.82, 2.24) is 5.32 Å². The van der Waals surface area contributed by atoms with Gasteiger partial charge in [0.1, 0.15) is 11.6 Å². The second-order valence-electron chi connectivity index (χ2n) is 4.99. The average molecular weight is 288 g/mol. The van der Waals surface area contributed by atoms with Gasteiger partial charge >= 0.3 is 0 Å². The van der Waals surface area contributed by atoms with Gasteiger partial charge in [0.05, 0.1) is 5.56 Å². The smallest absolute Gasteiger partial charge is 0.258 e. The highest BCUT2D eigenvalue weighted by Crippen LogP contribution is 2.20. The van der Waals surface area contributed by atoms with Gasteiger partial charge in [0, 0.05) is 12.2 Å². The predicted octanol–water partition coefficient (Wildman–Crippen LogP) is 2.86. The fourth-order valence-electron chi connectivity index (χ4n) is 2.43. The summed E-state index contributed by atoms with van der Waals surface area (Å²) in [7, 11) is 0. The zero-order valence-corrected chi connectivity index (χ0v) is 11.2. The van der Waals surface area contributed by atoms with Gasteiger partial charge in [0.15, 0.2) is 0 Å². The van der Waals surface area contributed by atoms with Crippen LogP contribution in [0.1, 0.15) is 21.5 Å². The largest absolute Gasteiger partial charge is 0.322 e. The van der Waals surface area contributed by atoms with E-state index in [1.807, 2.05) is 12.1 Å². The van der Waals surface area contributed by atoms with Gasteiger partial charge in [-0.2, -0.15) is 0 Å². The van der Waals surface area contributed by atoms with Crippen molar-refractivity contribution in [3.63, 3.8) is 0 Å². The lowest BCUT2D eigenvalue weighted by Gasteiger charge is -2.18. The van der Waals surface area contributed by atoms with Crippen molar-refractivity contribution >= 4 is 11.6 Å². The van der Waals surface area contributed by atoms with E-state index in [1.54, 1.807) is 6.07 Å². The van der Waals surface area contributed by atoms with Crippen LogP contribution in [0.4, 0.5) is 14.5 Å². The molecule has 0 aromatic heterocycles. The van der Waals surface area contributed by atoms with Gasteiger partial charge in [-0.3, -0.25) is 4.79 Å². The molecule has 0 fully saturated rings. The van der Waals surface area contributed by atoms with Crippen LogP contribution in [0.3, 0.4) is 0 Å². The lowest BCUT2D eigenvalue weighted by atomic mass is 10.0. The van der Waals surface area contributed by atoms with Gasteiger partial charge in [-0.15, -0.1) is 0 Å². The number of halogens is 2. The minimum Gasteiger partial charge on any atom is -0.322 e. The van der Waals surface area contributed by atoms with Crippen molar-refractivity contribution in [2.45, 2.75) is 13.0 Å². The second-order valence-corrected chi connectivity index (χ2v) is 4.99. The molecule has 0 spiro atoms. The molecule has 1 aliphatic rings. The highest BCUT2D eigenvalue weighted by molar-refractivity contribution is 6.04. The summed E-state index contributed by atoms with van der Waals surface area (Å²) in [5, 5.41) is 5.85. The molecule has 0 saturated heterocycles. The topological polar surface area (TPSA) is 41.1 Å². The maximum atomic E-state index is 13.6. The SMILES string of the molecule is O=C(Nc1ccc2c(c1)CNCC2)c1cc(F)ccc1F. The lowest BCUT2D eigenvalue weighted by molar-refractivity contribution is 0.102. The Hall–Kier alpha value is -2.27. The maximum absolute atomic E-state index is 13.6. The molecule has 1 heterocycles. The Morgan fingerprint density at radius 3 is 2.81 bits per heavy atom. The molecule has 108 valence electrons. The third-order valence-corrected chi connectivity index (χ3v) is 3.52. The van der Waals surface area contributed by atoms with Gasteiger partial charge in [-0.05, 0) is 54.4 Å². The van der Waals surface area contributed by atoms with E-state index in [2.05, 4.69) is 10.6 Å². The molecule has 0 aliphatic carbocycles. The third kappa shape index (κ3) is 2.92. The number of rotatable bonds is 2. The van der Waals surface area contributed by atoms with E-state index in [1.165, 1.54) is 5.56 Å². The number of carbonyl (C=O) groups excluding carboxylic acids is 1. The first-order chi connectivity index (χ1) is 10.1. The Kier molecular flexibility index (Phi) is 3.66. The molecule has 0 atom stereocenters. The van der Waals surface area contributed by atoms with Crippen LogP contribution in [-0.4, -0.2) is 12.5 Å². The van der Waals surface area contributed by atoms with Crippen LogP contribution in [0.15, 0.2) is 36.4 Å². The van der Waals surface area contributed by atoms with E-state index in [9.17, 15) is 13.6 Å². The van der Waals surface area contributed by atoms with Crippen molar-refractivity contribution in [2.24, 2.45) is 0 Å². The normalized spacial score (nSPS) is 13.6. The van der Waals surface area contributed by atoms with Gasteiger partial charge in [0.25, 0.3) is 5.91 Å². The summed E-state index contributed by atoms with van der Waals surface area (Å²) in [5.41, 5.74) is 2.62. The van der Waals surface area contributed by atoms with Gasteiger partial charge < -0.3 is 10.6 Å². The molecule has 0 bridgehead atoms. The van der Waals surface area contributed by atoms with Crippen LogP contribution in [0.2, 0.25) is 0 Å². The number of nitrogens with one attached hydrogen (secondary N) is 2. The molecule has 2 N–H and O–H groups in total. The van der Waals surface area contributed by atoms with Crippen molar-refractivity contribution in [2.75, 3.05) is 11.9 Å². The van der Waals surface area contributed by atoms with E-state index in [-0.39, 0.29) is 5.56 Å². The van der Waals surface area contributed by atoms with Crippen LogP contribution in [0.5, 0.6) is 0 Å². The van der Waals surface area contributed by atoms with Crippen molar-refractivity contribution in [3.05, 3.63) is 64.7 Å². The maximum Gasteiger partial charge on any atom is 0.258 e. The summed E-state index contributed by atoms with van der Waals surface area (Å²) in [6, 6.07) is 8.41. The summed E-state index contributed by atoms with van der Waals surface area (Å²) in [5.74, 6) is -2.04. The third-order valence-electron chi connectivity index (χ3n) is 3.52. The summed E-state index contributed by atoms with van der Waals surface area (Å²) < 4.78 is 26.7. The van der Waals surface area contributed by atoms with Crippen LogP contribution in [0, 0.1) is 11.6 Å². The summed E-state index contributed by atoms with van der Waals surface area (Å²) in [4.78, 5) is 12.0. The van der Waals surface area contributed by atoms with Crippen LogP contribution >= 0.6 is 0 Å². The van der Waals surface area contributed by atoms with Crippen molar-refractivity contribution < 1.29 is 13.6 Å². The molecular formula is C16H14F2N2O. The number of carbonyl (C=O) groups is 1. The molecule has 3 nitrogen and oxygen atoms in total. The molecule has 2 aromatic rings. The van der Waals surface area contributed by atoms with E-state index in [4.69, 9.17) is 0 Å². The van der Waals surface area contributed by atoms with E-state index >= 15 is 0 Å². The fourth-order valence-corrected chi connectivity index (χ4v) is 2.43. The van der Waals surface area contributed by atoms with Crippen LogP contribution < -0.4 is 10.6 Å². The number of fused-ring (bicyclic) bond motifs is 1. The zero-order chi connectivity index (χ0) is 14.8. The molecule has 0 radical (unpaired) electrons. The fraction of sp³-hybridized carbons (Fsp3) is 0.188. The molecule has 21 heavy (non-hydrogen) atoms. The minimum atomic E-state index is -0.742. The molecule has 3 rings (SSSR count). The first-order valence-corrected chi connectivity index (χ1v) is 6.72. The average Bonchev–Trinajstić information content (AvgIpc) is 2.49. The standard InChI is InChI=1S/C16H14F2N2O/c17-12-2-4-15(18)14(8-12)16(21)20-13-3-1-10-5-6-19-9-11(10)7-13/h1-4,7-8,19H,5-6,9H2,(H,20,21). The summed E-state index contributed by atoms with van der Waals surface area (Å²) in [6.45, 7) is 1.68. The summed E-state index contributed by atoms with van der Waals surface area (Å²) >= 11 is 0.